The van der Waals surface area contributed by atoms with Gasteiger partial charge in [0.2, 0.25) is 11.8 Å². The number of aryl methyl sites for hydroxylation is 2. The number of carbonyl (C=O) groups is 2. The summed E-state index contributed by atoms with van der Waals surface area (Å²) < 4.78 is 0. The lowest BCUT2D eigenvalue weighted by molar-refractivity contribution is -0.136. The lowest BCUT2D eigenvalue weighted by Crippen LogP contribution is -2.51. The first-order valence-electron chi connectivity index (χ1n) is 11.9. The average molecular weight is 472 g/mol. The molecular weight excluding hydrogens is 442 g/mol. The summed E-state index contributed by atoms with van der Waals surface area (Å²) in [5, 5.41) is 11.8. The number of nitrogens with zero attached hydrogens (tertiary/aromatic N) is 6. The molecule has 1 atom stereocenters. The topological polar surface area (TPSA) is 94.6 Å². The van der Waals surface area contributed by atoms with Gasteiger partial charge < -0.3 is 20.0 Å². The molecule has 5 rings (SSSR count). The summed E-state index contributed by atoms with van der Waals surface area (Å²) in [4.78, 5) is 35.8. The molecule has 2 aliphatic rings. The number of benzene rings is 1. The number of anilines is 4. The highest BCUT2D eigenvalue weighted by atomic mass is 16.2. The highest BCUT2D eigenvalue weighted by Crippen LogP contribution is 2.27. The maximum Gasteiger partial charge on any atom is 0.228 e. The molecule has 0 bridgehead atoms. The number of piperazine rings is 1. The zero-order chi connectivity index (χ0) is 24.4. The maximum atomic E-state index is 13.1. The smallest absolute Gasteiger partial charge is 0.228 e. The first-order chi connectivity index (χ1) is 17.0. The van der Waals surface area contributed by atoms with Crippen molar-refractivity contribution in [3.8, 4) is 0 Å². The van der Waals surface area contributed by atoms with Gasteiger partial charge in [0.1, 0.15) is 5.82 Å². The van der Waals surface area contributed by atoms with E-state index in [-0.39, 0.29) is 24.2 Å². The van der Waals surface area contributed by atoms with E-state index in [1.165, 1.54) is 0 Å². The Hall–Kier alpha value is -4.01. The van der Waals surface area contributed by atoms with Crippen molar-refractivity contribution in [2.75, 3.05) is 47.8 Å². The summed E-state index contributed by atoms with van der Waals surface area (Å²) in [7, 11) is 0. The number of amides is 2. The number of pyridine rings is 1. The van der Waals surface area contributed by atoms with Crippen LogP contribution in [0.1, 0.15) is 17.5 Å². The average Bonchev–Trinajstić information content (AvgIpc) is 3.27. The van der Waals surface area contributed by atoms with Crippen molar-refractivity contribution < 1.29 is 9.59 Å². The lowest BCUT2D eigenvalue weighted by Gasteiger charge is -2.36. The van der Waals surface area contributed by atoms with Gasteiger partial charge >= 0.3 is 0 Å². The summed E-state index contributed by atoms with van der Waals surface area (Å²) in [5.74, 6) is 1.90. The second-order valence-electron chi connectivity index (χ2n) is 9.18. The second-order valence-corrected chi connectivity index (χ2v) is 9.18. The third-order valence-corrected chi connectivity index (χ3v) is 6.55. The van der Waals surface area contributed by atoms with Crippen molar-refractivity contribution >= 4 is 35.0 Å². The van der Waals surface area contributed by atoms with Gasteiger partial charge in [-0.05, 0) is 49.7 Å². The highest BCUT2D eigenvalue weighted by Gasteiger charge is 2.38. The number of aromatic nitrogens is 3. The van der Waals surface area contributed by atoms with Crippen LogP contribution in [0, 0.1) is 19.8 Å². The molecule has 1 aromatic carbocycles. The highest BCUT2D eigenvalue weighted by molar-refractivity contribution is 6.00. The van der Waals surface area contributed by atoms with Gasteiger partial charge in [0.05, 0.1) is 5.92 Å². The minimum atomic E-state index is -0.295. The number of hydrogen-bond donors (Lipinski definition) is 1. The third-order valence-electron chi connectivity index (χ3n) is 6.55. The SMILES string of the molecule is Cc1ccc(N2CC(C(=O)N3CCN(c4ccc(Nc5ccc(C)cn5)nn4)CC3)CC2=O)cc1. The first-order valence-corrected chi connectivity index (χ1v) is 11.9. The van der Waals surface area contributed by atoms with Crippen molar-refractivity contribution in [2.45, 2.75) is 20.3 Å². The number of rotatable bonds is 5. The largest absolute Gasteiger partial charge is 0.352 e. The van der Waals surface area contributed by atoms with Crippen LogP contribution >= 0.6 is 0 Å². The Kier molecular flexibility index (Phi) is 6.31. The lowest BCUT2D eigenvalue weighted by atomic mass is 10.1. The van der Waals surface area contributed by atoms with Crippen LogP contribution in [0.2, 0.25) is 0 Å². The second kappa shape index (κ2) is 9.69. The quantitative estimate of drug-likeness (QED) is 0.611. The Morgan fingerprint density at radius 1 is 0.886 bits per heavy atom. The number of nitrogens with one attached hydrogen (secondary N) is 1. The van der Waals surface area contributed by atoms with E-state index in [1.54, 1.807) is 11.1 Å². The molecule has 0 saturated carbocycles. The Labute approximate surface area is 204 Å². The van der Waals surface area contributed by atoms with Crippen LogP contribution in [0.15, 0.2) is 54.7 Å². The minimum Gasteiger partial charge on any atom is -0.352 e. The van der Waals surface area contributed by atoms with Crippen molar-refractivity contribution in [2.24, 2.45) is 5.92 Å². The maximum absolute atomic E-state index is 13.1. The molecule has 2 saturated heterocycles. The van der Waals surface area contributed by atoms with Gasteiger partial charge in [-0.2, -0.15) is 0 Å². The van der Waals surface area contributed by atoms with E-state index in [2.05, 4.69) is 25.4 Å². The Morgan fingerprint density at radius 2 is 1.60 bits per heavy atom. The van der Waals surface area contributed by atoms with Crippen LogP contribution in [-0.2, 0) is 9.59 Å². The molecule has 180 valence electrons. The molecule has 2 fully saturated rings. The first kappa shape index (κ1) is 22.8. The Morgan fingerprint density at radius 3 is 2.26 bits per heavy atom. The van der Waals surface area contributed by atoms with E-state index in [4.69, 9.17) is 0 Å². The Balaban J connectivity index is 1.14. The van der Waals surface area contributed by atoms with E-state index < -0.39 is 0 Å². The van der Waals surface area contributed by atoms with Crippen molar-refractivity contribution in [1.29, 1.82) is 0 Å². The molecule has 4 heterocycles. The molecule has 2 aromatic heterocycles. The van der Waals surface area contributed by atoms with E-state index in [1.807, 2.05) is 67.3 Å². The molecule has 0 aliphatic carbocycles. The van der Waals surface area contributed by atoms with Crippen molar-refractivity contribution in [1.82, 2.24) is 20.1 Å². The van der Waals surface area contributed by atoms with Crippen LogP contribution < -0.4 is 15.1 Å². The molecule has 3 aromatic rings. The van der Waals surface area contributed by atoms with Gasteiger partial charge in [-0.25, -0.2) is 4.98 Å². The fourth-order valence-corrected chi connectivity index (χ4v) is 4.49. The summed E-state index contributed by atoms with van der Waals surface area (Å²) in [6.45, 7) is 7.00. The van der Waals surface area contributed by atoms with Gasteiger partial charge in [-0.1, -0.05) is 23.8 Å². The van der Waals surface area contributed by atoms with Crippen molar-refractivity contribution in [3.05, 3.63) is 65.9 Å². The number of hydrogen-bond acceptors (Lipinski definition) is 7. The third kappa shape index (κ3) is 5.08. The van der Waals surface area contributed by atoms with E-state index in [0.29, 0.717) is 38.5 Å². The molecule has 35 heavy (non-hydrogen) atoms. The Bertz CT molecular complexity index is 1190. The normalized spacial score (nSPS) is 18.2. The summed E-state index contributed by atoms with van der Waals surface area (Å²) >= 11 is 0. The molecule has 2 amide bonds. The van der Waals surface area contributed by atoms with Crippen LogP contribution in [0.25, 0.3) is 0 Å². The van der Waals surface area contributed by atoms with E-state index >= 15 is 0 Å². The summed E-state index contributed by atoms with van der Waals surface area (Å²) in [6.07, 6.45) is 2.06. The molecule has 9 heteroatoms. The molecule has 0 spiro atoms. The van der Waals surface area contributed by atoms with E-state index in [0.717, 1.165) is 28.5 Å². The molecular formula is C26H29N7O2. The monoisotopic (exact) mass is 471 g/mol. The van der Waals surface area contributed by atoms with Gasteiger partial charge in [0.15, 0.2) is 11.6 Å². The minimum absolute atomic E-state index is 0.00986. The van der Waals surface area contributed by atoms with Crippen LogP contribution in [-0.4, -0.2) is 64.6 Å². The van der Waals surface area contributed by atoms with Gasteiger partial charge in [-0.3, -0.25) is 9.59 Å². The molecule has 9 nitrogen and oxygen atoms in total. The summed E-state index contributed by atoms with van der Waals surface area (Å²) in [6, 6.07) is 15.6. The van der Waals surface area contributed by atoms with E-state index in [9.17, 15) is 9.59 Å². The summed E-state index contributed by atoms with van der Waals surface area (Å²) in [5.41, 5.74) is 3.10. The molecule has 1 N–H and O–H groups in total. The molecule has 0 radical (unpaired) electrons. The molecule has 1 unspecified atom stereocenters. The van der Waals surface area contributed by atoms with Crippen LogP contribution in [0.3, 0.4) is 0 Å². The van der Waals surface area contributed by atoms with Crippen molar-refractivity contribution in [3.63, 3.8) is 0 Å². The zero-order valence-electron chi connectivity index (χ0n) is 20.0. The van der Waals surface area contributed by atoms with Crippen LogP contribution in [0.5, 0.6) is 0 Å². The van der Waals surface area contributed by atoms with Gasteiger partial charge in [0, 0.05) is 51.0 Å². The molecule has 2 aliphatic heterocycles. The fourth-order valence-electron chi connectivity index (χ4n) is 4.49. The fraction of sp³-hybridized carbons (Fsp3) is 0.346. The van der Waals surface area contributed by atoms with Gasteiger partial charge in [0.25, 0.3) is 0 Å². The van der Waals surface area contributed by atoms with Gasteiger partial charge in [-0.15, -0.1) is 10.2 Å². The number of carbonyl (C=O) groups excluding carboxylic acids is 2. The standard InChI is InChI=1S/C26H29N7O2/c1-18-3-6-21(7-4-18)33-17-20(15-25(33)34)26(35)32-13-11-31(12-14-32)24-10-9-23(29-30-24)28-22-8-5-19(2)16-27-22/h3-10,16,20H,11-15,17H2,1-2H3,(H,27,28,29). The van der Waals surface area contributed by atoms with Crippen LogP contribution in [0.4, 0.5) is 23.1 Å². The predicted octanol–water partition coefficient (Wildman–Crippen LogP) is 2.93. The predicted molar refractivity (Wildman–Crippen MR) is 135 cm³/mol. The zero-order valence-corrected chi connectivity index (χ0v) is 20.0.